The predicted molar refractivity (Wildman–Crippen MR) is 100 cm³/mol. The molecule has 1 saturated heterocycles. The smallest absolute Gasteiger partial charge is 0.194 e. The van der Waals surface area contributed by atoms with Crippen LogP contribution in [0.3, 0.4) is 0 Å². The summed E-state index contributed by atoms with van der Waals surface area (Å²) in [6, 6.07) is 8.00. The molecular weight excluding hydrogens is 324 g/mol. The number of nitrogens with zero attached hydrogens (tertiary/aromatic N) is 3. The second-order valence-electron chi connectivity index (χ2n) is 6.67. The first-order valence-corrected chi connectivity index (χ1v) is 9.24. The highest BCUT2D eigenvalue weighted by Gasteiger charge is 2.34. The quantitative estimate of drug-likeness (QED) is 0.646. The first-order chi connectivity index (χ1) is 11.6. The number of guanidine groups is 1. The molecule has 0 atom stereocenters. The number of benzene rings is 1. The normalized spacial score (nSPS) is 20.7. The molecule has 3 rings (SSSR count). The maximum Gasteiger partial charge on any atom is 0.194 e. The van der Waals surface area contributed by atoms with Crippen LogP contribution in [0.15, 0.2) is 29.3 Å². The van der Waals surface area contributed by atoms with Gasteiger partial charge in [-0.05, 0) is 38.3 Å². The Bertz CT molecular complexity index is 580. The third-order valence-corrected chi connectivity index (χ3v) is 5.23. The lowest BCUT2D eigenvalue weighted by Gasteiger charge is -2.39. The molecule has 132 valence electrons. The van der Waals surface area contributed by atoms with Gasteiger partial charge in [0.2, 0.25) is 0 Å². The number of nitrogens with one attached hydrogen (secondary N) is 1. The van der Waals surface area contributed by atoms with E-state index in [4.69, 9.17) is 11.6 Å². The van der Waals surface area contributed by atoms with E-state index in [0.717, 1.165) is 68.7 Å². The number of para-hydroxylation sites is 1. The number of aliphatic hydroxyl groups is 1. The van der Waals surface area contributed by atoms with Crippen LogP contribution in [0.1, 0.15) is 26.2 Å². The molecule has 1 aliphatic heterocycles. The molecule has 5 nitrogen and oxygen atoms in total. The summed E-state index contributed by atoms with van der Waals surface area (Å²) in [4.78, 5) is 9.28. The van der Waals surface area contributed by atoms with E-state index in [1.165, 1.54) is 0 Å². The Morgan fingerprint density at radius 2 is 1.96 bits per heavy atom. The van der Waals surface area contributed by atoms with Crippen molar-refractivity contribution < 1.29 is 5.11 Å². The number of piperazine rings is 1. The molecule has 2 N–H and O–H groups in total. The van der Waals surface area contributed by atoms with Crippen molar-refractivity contribution in [2.24, 2.45) is 4.99 Å². The Hall–Kier alpha value is -1.46. The third kappa shape index (κ3) is 3.95. The monoisotopic (exact) mass is 350 g/mol. The summed E-state index contributed by atoms with van der Waals surface area (Å²) in [5, 5.41) is 14.4. The van der Waals surface area contributed by atoms with Crippen LogP contribution in [-0.2, 0) is 0 Å². The van der Waals surface area contributed by atoms with Crippen molar-refractivity contribution in [3.63, 3.8) is 0 Å². The number of halogens is 1. The average Bonchev–Trinajstić information content (AvgIpc) is 2.58. The lowest BCUT2D eigenvalue weighted by atomic mass is 9.80. The number of rotatable bonds is 4. The van der Waals surface area contributed by atoms with Crippen LogP contribution in [0, 0.1) is 0 Å². The fourth-order valence-corrected chi connectivity index (χ4v) is 3.51. The fourth-order valence-electron chi connectivity index (χ4n) is 3.26. The first kappa shape index (κ1) is 17.4. The van der Waals surface area contributed by atoms with E-state index in [1.807, 2.05) is 18.2 Å². The molecule has 0 aromatic heterocycles. The van der Waals surface area contributed by atoms with Gasteiger partial charge in [0, 0.05) is 32.7 Å². The highest BCUT2D eigenvalue weighted by molar-refractivity contribution is 6.33. The van der Waals surface area contributed by atoms with Gasteiger partial charge in [0.25, 0.3) is 0 Å². The summed E-state index contributed by atoms with van der Waals surface area (Å²) in [5.74, 6) is 0.914. The highest BCUT2D eigenvalue weighted by atomic mass is 35.5. The summed E-state index contributed by atoms with van der Waals surface area (Å²) < 4.78 is 0. The molecule has 1 saturated carbocycles. The molecule has 1 aromatic carbocycles. The zero-order chi connectivity index (χ0) is 17.0. The van der Waals surface area contributed by atoms with Crippen LogP contribution < -0.4 is 10.2 Å². The maximum absolute atomic E-state index is 10.3. The van der Waals surface area contributed by atoms with E-state index >= 15 is 0 Å². The van der Waals surface area contributed by atoms with Crippen molar-refractivity contribution in [1.29, 1.82) is 0 Å². The van der Waals surface area contributed by atoms with E-state index < -0.39 is 5.60 Å². The van der Waals surface area contributed by atoms with Gasteiger partial charge in [-0.15, -0.1) is 0 Å². The highest BCUT2D eigenvalue weighted by Crippen LogP contribution is 2.31. The van der Waals surface area contributed by atoms with Crippen LogP contribution >= 0.6 is 11.6 Å². The van der Waals surface area contributed by atoms with Gasteiger partial charge < -0.3 is 20.2 Å². The van der Waals surface area contributed by atoms with Crippen LogP contribution in [0.4, 0.5) is 5.69 Å². The number of anilines is 1. The second kappa shape index (κ2) is 7.62. The third-order valence-electron chi connectivity index (χ3n) is 4.91. The number of hydrogen-bond donors (Lipinski definition) is 2. The van der Waals surface area contributed by atoms with Gasteiger partial charge in [0.05, 0.1) is 22.9 Å². The molecule has 1 aliphatic carbocycles. The van der Waals surface area contributed by atoms with Crippen molar-refractivity contribution >= 4 is 23.2 Å². The second-order valence-corrected chi connectivity index (χ2v) is 7.08. The summed E-state index contributed by atoms with van der Waals surface area (Å²) in [7, 11) is 0. The number of hydrogen-bond acceptors (Lipinski definition) is 3. The van der Waals surface area contributed by atoms with E-state index in [2.05, 4.69) is 33.1 Å². The molecule has 1 heterocycles. The Balaban J connectivity index is 1.60. The molecule has 2 fully saturated rings. The van der Waals surface area contributed by atoms with Gasteiger partial charge >= 0.3 is 0 Å². The molecule has 0 radical (unpaired) electrons. The molecule has 24 heavy (non-hydrogen) atoms. The topological polar surface area (TPSA) is 51.1 Å². The lowest BCUT2D eigenvalue weighted by Crippen LogP contribution is -2.53. The van der Waals surface area contributed by atoms with Gasteiger partial charge in [-0.1, -0.05) is 23.7 Å². The zero-order valence-electron chi connectivity index (χ0n) is 14.3. The largest absolute Gasteiger partial charge is 0.388 e. The minimum absolute atomic E-state index is 0.500. The van der Waals surface area contributed by atoms with Gasteiger partial charge in [-0.25, -0.2) is 0 Å². The van der Waals surface area contributed by atoms with Gasteiger partial charge in [-0.2, -0.15) is 0 Å². The van der Waals surface area contributed by atoms with Crippen LogP contribution in [0.2, 0.25) is 5.02 Å². The van der Waals surface area contributed by atoms with Crippen LogP contribution in [0.5, 0.6) is 0 Å². The SMILES string of the molecule is CCNC(=NCC1(O)CCC1)N1CCN(c2ccccc2Cl)CC1. The fraction of sp³-hybridized carbons (Fsp3) is 0.611. The predicted octanol–water partition coefficient (Wildman–Crippen LogP) is 2.34. The summed E-state index contributed by atoms with van der Waals surface area (Å²) in [5.41, 5.74) is 0.532. The van der Waals surface area contributed by atoms with Crippen molar-refractivity contribution in [2.45, 2.75) is 31.8 Å². The first-order valence-electron chi connectivity index (χ1n) is 8.86. The van der Waals surface area contributed by atoms with Gasteiger partial charge in [0.1, 0.15) is 0 Å². The minimum atomic E-state index is -0.569. The number of aliphatic imine (C=N–C) groups is 1. The molecule has 0 bridgehead atoms. The maximum atomic E-state index is 10.3. The molecule has 0 amide bonds. The van der Waals surface area contributed by atoms with E-state index in [1.54, 1.807) is 0 Å². The summed E-state index contributed by atoms with van der Waals surface area (Å²) >= 11 is 6.31. The Kier molecular flexibility index (Phi) is 5.51. The molecule has 6 heteroatoms. The van der Waals surface area contributed by atoms with Crippen LogP contribution in [-0.4, -0.2) is 60.8 Å². The molecular formula is C18H27ClN4O. The Morgan fingerprint density at radius 1 is 1.25 bits per heavy atom. The molecule has 0 spiro atoms. The molecule has 0 unspecified atom stereocenters. The van der Waals surface area contributed by atoms with Crippen molar-refractivity contribution in [3.8, 4) is 0 Å². The van der Waals surface area contributed by atoms with Crippen molar-refractivity contribution in [2.75, 3.05) is 44.2 Å². The van der Waals surface area contributed by atoms with Gasteiger partial charge in [-0.3, -0.25) is 4.99 Å². The molecule has 1 aromatic rings. The van der Waals surface area contributed by atoms with Crippen molar-refractivity contribution in [1.82, 2.24) is 10.2 Å². The Morgan fingerprint density at radius 3 is 2.54 bits per heavy atom. The van der Waals surface area contributed by atoms with E-state index in [0.29, 0.717) is 6.54 Å². The van der Waals surface area contributed by atoms with Crippen LogP contribution in [0.25, 0.3) is 0 Å². The molecule has 2 aliphatic rings. The van der Waals surface area contributed by atoms with E-state index in [9.17, 15) is 5.11 Å². The lowest BCUT2D eigenvalue weighted by molar-refractivity contribution is -0.0237. The Labute approximate surface area is 149 Å². The standard InChI is InChI=1S/C18H27ClN4O/c1-2-20-17(21-14-18(24)8-5-9-18)23-12-10-22(11-13-23)16-7-4-3-6-15(16)19/h3-4,6-7,24H,2,5,8-14H2,1H3,(H,20,21). The summed E-state index contributed by atoms with van der Waals surface area (Å²) in [6.07, 6.45) is 2.85. The van der Waals surface area contributed by atoms with E-state index in [-0.39, 0.29) is 0 Å². The average molecular weight is 351 g/mol. The minimum Gasteiger partial charge on any atom is -0.388 e. The zero-order valence-corrected chi connectivity index (χ0v) is 15.1. The summed E-state index contributed by atoms with van der Waals surface area (Å²) in [6.45, 7) is 7.04. The van der Waals surface area contributed by atoms with Crippen molar-refractivity contribution in [3.05, 3.63) is 29.3 Å². The van der Waals surface area contributed by atoms with Gasteiger partial charge in [0.15, 0.2) is 5.96 Å².